The van der Waals surface area contributed by atoms with Gasteiger partial charge in [-0.15, -0.1) is 0 Å². The minimum absolute atomic E-state index is 0.156. The second kappa shape index (κ2) is 11.1. The predicted octanol–water partition coefficient (Wildman–Crippen LogP) is 6.19. The summed E-state index contributed by atoms with van der Waals surface area (Å²) < 4.78 is 147. The molecule has 1 aliphatic heterocycles. The average Bonchev–Trinajstić information content (AvgIpc) is 3.39. The monoisotopic (exact) mass is 692 g/mol. The van der Waals surface area contributed by atoms with E-state index in [1.807, 2.05) is 0 Å². The number of nitrogens with one attached hydrogen (secondary N) is 1. The Balaban J connectivity index is 1.98. The van der Waals surface area contributed by atoms with Gasteiger partial charge in [0.2, 0.25) is 5.92 Å². The first-order valence-electron chi connectivity index (χ1n) is 13.4. The Labute approximate surface area is 255 Å². The first-order chi connectivity index (χ1) is 21.0. The molecule has 1 saturated carbocycles. The maximum Gasteiger partial charge on any atom is 0.425 e. The van der Waals surface area contributed by atoms with Gasteiger partial charge in [0.1, 0.15) is 17.3 Å². The molecule has 3 unspecified atom stereocenters. The number of halogens is 10. The highest BCUT2D eigenvalue weighted by Gasteiger charge is 2.69. The van der Waals surface area contributed by atoms with Crippen LogP contribution in [0, 0.1) is 11.5 Å². The van der Waals surface area contributed by atoms with Crippen LogP contribution in [0.4, 0.5) is 47.1 Å². The highest BCUT2D eigenvalue weighted by molar-refractivity contribution is 8.45. The van der Waals surface area contributed by atoms with Gasteiger partial charge in [-0.2, -0.15) is 18.4 Å². The Morgan fingerprint density at radius 3 is 2.11 bits per heavy atom. The van der Waals surface area contributed by atoms with Gasteiger partial charge in [0.05, 0.1) is 12.6 Å². The Kier molecular flexibility index (Phi) is 8.48. The van der Waals surface area contributed by atoms with Gasteiger partial charge in [0, 0.05) is 56.1 Å². The normalized spacial score (nSPS) is 23.4. The number of aromatic nitrogens is 2. The van der Waals surface area contributed by atoms with Crippen LogP contribution in [-0.4, -0.2) is 70.6 Å². The molecule has 20 heteroatoms. The summed E-state index contributed by atoms with van der Waals surface area (Å²) in [6, 6.07) is -3.21. The number of amides is 2. The number of hydrogen-bond acceptors (Lipinski definition) is 7. The molecule has 1 aromatic heterocycles. The summed E-state index contributed by atoms with van der Waals surface area (Å²) in [6.45, 7) is -0.295. The van der Waals surface area contributed by atoms with Crippen LogP contribution in [0.3, 0.4) is 0 Å². The van der Waals surface area contributed by atoms with Crippen LogP contribution < -0.4 is 10.2 Å². The van der Waals surface area contributed by atoms with Crippen molar-refractivity contribution in [2.75, 3.05) is 18.6 Å². The fourth-order valence-electron chi connectivity index (χ4n) is 5.54. The molecule has 254 valence electrons. The summed E-state index contributed by atoms with van der Waals surface area (Å²) in [7, 11) is -9.18. The first-order valence-corrected chi connectivity index (χ1v) is 15.4. The lowest BCUT2D eigenvalue weighted by atomic mass is 9.84. The molecule has 0 bridgehead atoms. The Bertz CT molecular complexity index is 1500. The molecule has 0 radical (unpaired) electrons. The molecule has 1 aromatic carbocycles. The maximum atomic E-state index is 15.7. The van der Waals surface area contributed by atoms with Gasteiger partial charge in [-0.3, -0.25) is 19.4 Å². The summed E-state index contributed by atoms with van der Waals surface area (Å²) in [5.74, 6) is -6.81. The lowest BCUT2D eigenvalue weighted by Gasteiger charge is -2.45. The number of rotatable bonds is 8. The molecule has 2 fully saturated rings. The molecular weight excluding hydrogens is 666 g/mol. The van der Waals surface area contributed by atoms with Gasteiger partial charge in [0.25, 0.3) is 17.4 Å². The second-order valence-electron chi connectivity index (χ2n) is 10.9. The fourth-order valence-corrected chi connectivity index (χ4v) is 6.19. The molecule has 3 atom stereocenters. The minimum Gasteiger partial charge on any atom is -0.379 e. The van der Waals surface area contributed by atoms with Crippen LogP contribution in [0.25, 0.3) is 0 Å². The molecule has 0 spiro atoms. The topological polar surface area (TPSA) is 111 Å². The van der Waals surface area contributed by atoms with E-state index in [9.17, 15) is 43.1 Å². The van der Waals surface area contributed by atoms with E-state index in [-0.39, 0.29) is 35.7 Å². The number of methoxy groups -OCH3 is 1. The fraction of sp³-hybridized carbons (Fsp3) is 0.500. The molecule has 46 heavy (non-hydrogen) atoms. The van der Waals surface area contributed by atoms with Gasteiger partial charge in [-0.05, 0) is 37.1 Å². The average molecular weight is 693 g/mol. The third kappa shape index (κ3) is 6.79. The maximum absolute atomic E-state index is 15.7. The summed E-state index contributed by atoms with van der Waals surface area (Å²) in [5, 5.41) is 11.7. The van der Waals surface area contributed by atoms with E-state index < -0.39 is 106 Å². The van der Waals surface area contributed by atoms with E-state index in [0.717, 1.165) is 11.2 Å². The largest absolute Gasteiger partial charge is 0.425 e. The van der Waals surface area contributed by atoms with Crippen molar-refractivity contribution >= 4 is 27.7 Å². The van der Waals surface area contributed by atoms with Gasteiger partial charge in [-0.25, -0.2) is 18.7 Å². The van der Waals surface area contributed by atoms with Gasteiger partial charge < -0.3 is 10.1 Å². The molecule has 2 aromatic rings. The third-order valence-electron chi connectivity index (χ3n) is 7.88. The molecule has 4 rings (SSSR count). The quantitative estimate of drug-likeness (QED) is 0.260. The number of anilines is 1. The van der Waals surface area contributed by atoms with Crippen molar-refractivity contribution in [1.82, 2.24) is 20.2 Å². The van der Waals surface area contributed by atoms with Crippen molar-refractivity contribution < 1.29 is 55.7 Å². The van der Waals surface area contributed by atoms with Crippen LogP contribution in [-0.2, 0) is 19.9 Å². The molecule has 9 nitrogen and oxygen atoms in total. The van der Waals surface area contributed by atoms with E-state index in [2.05, 4.69) is 15.3 Å². The number of ether oxygens (including phenoxy) is 1. The molecular formula is C26H26F10N6O3S. The Morgan fingerprint density at radius 2 is 1.63 bits per heavy atom. The standard InChI is InChI=1S/C26H26F10N6O3S/c1-45-19-10-21(41(13-19)14-37)22(43)42(18-2-4-20(5-3-18)46(32,33,34,35)36)25(26(29,30)31,16-11-38-15-39-12-16)23(44)40-17-6-8-24(27,28)9-7-17/h2-5,11-12,15,17,19,21H,6-10,13H2,1H3,(H,40,44). The summed E-state index contributed by atoms with van der Waals surface area (Å²) in [4.78, 5) is 33.3. The molecule has 1 aliphatic carbocycles. The van der Waals surface area contributed by atoms with Gasteiger partial charge >= 0.3 is 16.4 Å². The smallest absolute Gasteiger partial charge is 0.379 e. The van der Waals surface area contributed by atoms with Crippen molar-refractivity contribution in [2.24, 2.45) is 0 Å². The zero-order valence-electron chi connectivity index (χ0n) is 23.7. The zero-order valence-corrected chi connectivity index (χ0v) is 24.5. The molecule has 1 saturated heterocycles. The second-order valence-corrected chi connectivity index (χ2v) is 13.3. The lowest BCUT2D eigenvalue weighted by Crippen LogP contribution is -2.69. The van der Waals surface area contributed by atoms with E-state index in [1.165, 1.54) is 7.11 Å². The first kappa shape index (κ1) is 35.0. The van der Waals surface area contributed by atoms with E-state index in [1.54, 1.807) is 6.19 Å². The number of likely N-dealkylation sites (tertiary alicyclic amines) is 1. The minimum atomic E-state index is -10.4. The van der Waals surface area contributed by atoms with Gasteiger partial charge in [-0.1, -0.05) is 19.4 Å². The number of carbonyl (C=O) groups is 2. The van der Waals surface area contributed by atoms with Crippen LogP contribution in [0.2, 0.25) is 0 Å². The van der Waals surface area contributed by atoms with Crippen molar-refractivity contribution in [3.63, 3.8) is 0 Å². The number of benzene rings is 1. The van der Waals surface area contributed by atoms with E-state index in [0.29, 0.717) is 12.4 Å². The predicted molar refractivity (Wildman–Crippen MR) is 142 cm³/mol. The number of carbonyl (C=O) groups excluding carboxylic acids is 2. The Hall–Kier alpha value is -3.86. The van der Waals surface area contributed by atoms with Crippen LogP contribution >= 0.6 is 10.2 Å². The highest BCUT2D eigenvalue weighted by atomic mass is 32.5. The number of nitrogens with zero attached hydrogens (tertiary/aromatic N) is 5. The molecule has 1 N–H and O–H groups in total. The third-order valence-corrected chi connectivity index (χ3v) is 9.04. The Morgan fingerprint density at radius 1 is 1.07 bits per heavy atom. The van der Waals surface area contributed by atoms with Crippen molar-refractivity contribution in [3.8, 4) is 6.19 Å². The van der Waals surface area contributed by atoms with Crippen LogP contribution in [0.1, 0.15) is 37.7 Å². The van der Waals surface area contributed by atoms with Crippen LogP contribution in [0.5, 0.6) is 0 Å². The van der Waals surface area contributed by atoms with Crippen molar-refractivity contribution in [3.05, 3.63) is 48.5 Å². The zero-order chi connectivity index (χ0) is 34.4. The summed E-state index contributed by atoms with van der Waals surface area (Å²) >= 11 is 0. The molecule has 2 heterocycles. The number of nitriles is 1. The van der Waals surface area contributed by atoms with E-state index >= 15 is 13.2 Å². The lowest BCUT2D eigenvalue weighted by molar-refractivity contribution is -0.198. The highest BCUT2D eigenvalue weighted by Crippen LogP contribution is 3.02. The number of hydrogen-bond donors (Lipinski definition) is 1. The van der Waals surface area contributed by atoms with Crippen molar-refractivity contribution in [2.45, 2.75) is 72.8 Å². The van der Waals surface area contributed by atoms with E-state index in [4.69, 9.17) is 4.74 Å². The number of alkyl halides is 5. The van der Waals surface area contributed by atoms with Gasteiger partial charge in [0.15, 0.2) is 6.19 Å². The molecule has 2 amide bonds. The molecule has 2 aliphatic rings. The van der Waals surface area contributed by atoms with Crippen LogP contribution in [0.15, 0.2) is 47.9 Å². The van der Waals surface area contributed by atoms with Crippen molar-refractivity contribution in [1.29, 1.82) is 5.26 Å². The summed E-state index contributed by atoms with van der Waals surface area (Å²) in [5.41, 5.74) is -6.44. The SMILES string of the molecule is COC1CC(C(=O)N(c2ccc(S(F)(F)(F)(F)F)cc2)C(C(=O)NC2CCC(F)(F)CC2)(c2cncnc2)C(F)(F)F)N(C#N)C1. The summed E-state index contributed by atoms with van der Waals surface area (Å²) in [6.07, 6.45) is -6.26.